The van der Waals surface area contributed by atoms with Gasteiger partial charge in [-0.25, -0.2) is 0 Å². The van der Waals surface area contributed by atoms with Gasteiger partial charge in [-0.05, 0) is 50.3 Å². The minimum absolute atomic E-state index is 0.143. The van der Waals surface area contributed by atoms with Crippen molar-refractivity contribution in [1.82, 2.24) is 9.88 Å². The number of hydrogen-bond donors (Lipinski definition) is 0. The highest BCUT2D eigenvalue weighted by molar-refractivity contribution is 5.06. The van der Waals surface area contributed by atoms with Crippen LogP contribution in [0.4, 0.5) is 0 Å². The molecular formula is C17H26N2O2. The van der Waals surface area contributed by atoms with Crippen molar-refractivity contribution in [3.63, 3.8) is 0 Å². The largest absolute Gasteiger partial charge is 0.377 e. The van der Waals surface area contributed by atoms with Crippen molar-refractivity contribution in [2.45, 2.75) is 37.9 Å². The SMILES string of the molecule is CN1CCC2(CC1)OCC[C@@H]2CCOCc1cccnc1. The molecule has 1 spiro atoms. The first kappa shape index (κ1) is 14.9. The van der Waals surface area contributed by atoms with Crippen LogP contribution in [0.2, 0.25) is 0 Å². The van der Waals surface area contributed by atoms with Crippen LogP contribution in [0.3, 0.4) is 0 Å². The molecule has 2 aliphatic heterocycles. The third-order valence-corrected chi connectivity index (χ3v) is 5.04. The van der Waals surface area contributed by atoms with Crippen LogP contribution in [0.25, 0.3) is 0 Å². The highest BCUT2D eigenvalue weighted by Gasteiger charge is 2.45. The number of ether oxygens (including phenoxy) is 2. The van der Waals surface area contributed by atoms with Crippen LogP contribution in [0.5, 0.6) is 0 Å². The van der Waals surface area contributed by atoms with E-state index in [0.29, 0.717) is 12.5 Å². The lowest BCUT2D eigenvalue weighted by Crippen LogP contribution is -2.46. The van der Waals surface area contributed by atoms with Gasteiger partial charge in [0.2, 0.25) is 0 Å². The zero-order valence-corrected chi connectivity index (χ0v) is 13.0. The van der Waals surface area contributed by atoms with Crippen LogP contribution in [0.15, 0.2) is 24.5 Å². The lowest BCUT2D eigenvalue weighted by Gasteiger charge is -2.41. The summed E-state index contributed by atoms with van der Waals surface area (Å²) in [6, 6.07) is 4.02. The number of rotatable bonds is 5. The Morgan fingerprint density at radius 3 is 3.05 bits per heavy atom. The van der Waals surface area contributed by atoms with Crippen molar-refractivity contribution in [2.24, 2.45) is 5.92 Å². The van der Waals surface area contributed by atoms with E-state index in [1.54, 1.807) is 6.20 Å². The summed E-state index contributed by atoms with van der Waals surface area (Å²) in [5, 5.41) is 0. The smallest absolute Gasteiger partial charge is 0.0736 e. The predicted octanol–water partition coefficient (Wildman–Crippen LogP) is 2.49. The van der Waals surface area contributed by atoms with Gasteiger partial charge in [0.25, 0.3) is 0 Å². The van der Waals surface area contributed by atoms with E-state index in [1.165, 1.54) is 19.3 Å². The number of hydrogen-bond acceptors (Lipinski definition) is 4. The fraction of sp³-hybridized carbons (Fsp3) is 0.706. The molecule has 116 valence electrons. The van der Waals surface area contributed by atoms with E-state index in [0.717, 1.165) is 38.3 Å². The van der Waals surface area contributed by atoms with Gasteiger partial charge >= 0.3 is 0 Å². The molecule has 4 nitrogen and oxygen atoms in total. The molecule has 1 aromatic heterocycles. The molecular weight excluding hydrogens is 264 g/mol. The van der Waals surface area contributed by atoms with E-state index in [1.807, 2.05) is 12.3 Å². The predicted molar refractivity (Wildman–Crippen MR) is 82.0 cm³/mol. The minimum atomic E-state index is 0.143. The number of aromatic nitrogens is 1. The maximum absolute atomic E-state index is 6.17. The zero-order valence-electron chi connectivity index (χ0n) is 13.0. The number of piperidine rings is 1. The molecule has 0 saturated carbocycles. The lowest BCUT2D eigenvalue weighted by molar-refractivity contribution is -0.0687. The van der Waals surface area contributed by atoms with Gasteiger partial charge in [0.15, 0.2) is 0 Å². The van der Waals surface area contributed by atoms with Gasteiger partial charge in [-0.1, -0.05) is 6.07 Å². The Balaban J connectivity index is 1.44. The Bertz CT molecular complexity index is 430. The van der Waals surface area contributed by atoms with Gasteiger partial charge in [-0.3, -0.25) is 4.98 Å². The third kappa shape index (κ3) is 3.62. The Kier molecular flexibility index (Phi) is 4.88. The Morgan fingerprint density at radius 1 is 1.43 bits per heavy atom. The van der Waals surface area contributed by atoms with Crippen LogP contribution < -0.4 is 0 Å². The van der Waals surface area contributed by atoms with Crippen molar-refractivity contribution in [2.75, 3.05) is 33.4 Å². The lowest BCUT2D eigenvalue weighted by atomic mass is 9.78. The summed E-state index contributed by atoms with van der Waals surface area (Å²) in [4.78, 5) is 6.52. The summed E-state index contributed by atoms with van der Waals surface area (Å²) in [5.74, 6) is 0.667. The summed E-state index contributed by atoms with van der Waals surface area (Å²) in [6.07, 6.45) is 8.33. The molecule has 0 unspecified atom stereocenters. The first-order valence-electron chi connectivity index (χ1n) is 8.08. The third-order valence-electron chi connectivity index (χ3n) is 5.04. The van der Waals surface area contributed by atoms with Crippen molar-refractivity contribution in [3.05, 3.63) is 30.1 Å². The van der Waals surface area contributed by atoms with Crippen LogP contribution in [-0.2, 0) is 16.1 Å². The summed E-state index contributed by atoms with van der Waals surface area (Å²) in [6.45, 7) is 4.73. The average molecular weight is 290 g/mol. The summed E-state index contributed by atoms with van der Waals surface area (Å²) in [7, 11) is 2.20. The maximum atomic E-state index is 6.17. The van der Waals surface area contributed by atoms with Crippen LogP contribution in [-0.4, -0.2) is 48.8 Å². The quantitative estimate of drug-likeness (QED) is 0.780. The number of nitrogens with zero attached hydrogens (tertiary/aromatic N) is 2. The van der Waals surface area contributed by atoms with Gasteiger partial charge in [0, 0.05) is 38.7 Å². The second kappa shape index (κ2) is 6.86. The van der Waals surface area contributed by atoms with Gasteiger partial charge in [-0.15, -0.1) is 0 Å². The number of likely N-dealkylation sites (tertiary alicyclic amines) is 1. The normalized spacial score (nSPS) is 25.5. The van der Waals surface area contributed by atoms with Gasteiger partial charge in [-0.2, -0.15) is 0 Å². The van der Waals surface area contributed by atoms with Gasteiger partial charge in [0.05, 0.1) is 12.2 Å². The second-order valence-electron chi connectivity index (χ2n) is 6.40. The van der Waals surface area contributed by atoms with E-state index >= 15 is 0 Å². The van der Waals surface area contributed by atoms with Crippen LogP contribution in [0, 0.1) is 5.92 Å². The maximum Gasteiger partial charge on any atom is 0.0736 e. The summed E-state index contributed by atoms with van der Waals surface area (Å²) in [5.41, 5.74) is 1.29. The molecule has 0 aromatic carbocycles. The summed E-state index contributed by atoms with van der Waals surface area (Å²) < 4.78 is 12.0. The fourth-order valence-electron chi connectivity index (χ4n) is 3.64. The molecule has 1 aromatic rings. The molecule has 0 bridgehead atoms. The highest BCUT2D eigenvalue weighted by atomic mass is 16.5. The molecule has 2 saturated heterocycles. The van der Waals surface area contributed by atoms with Crippen molar-refractivity contribution < 1.29 is 9.47 Å². The van der Waals surface area contributed by atoms with E-state index < -0.39 is 0 Å². The first-order chi connectivity index (χ1) is 10.3. The summed E-state index contributed by atoms with van der Waals surface area (Å²) >= 11 is 0. The van der Waals surface area contributed by atoms with E-state index in [4.69, 9.17) is 9.47 Å². The molecule has 21 heavy (non-hydrogen) atoms. The average Bonchev–Trinajstić information content (AvgIpc) is 2.91. The topological polar surface area (TPSA) is 34.6 Å². The molecule has 0 amide bonds. The molecule has 3 rings (SSSR count). The number of pyridine rings is 1. The standard InChI is InChI=1S/C17H26N2O2/c1-19-9-6-17(7-10-19)16(5-12-21-17)4-11-20-14-15-3-2-8-18-13-15/h2-3,8,13,16H,4-7,9-12,14H2,1H3/t16-/m0/s1. The molecule has 4 heteroatoms. The Morgan fingerprint density at radius 2 is 2.29 bits per heavy atom. The van der Waals surface area contributed by atoms with Crippen LogP contribution in [0.1, 0.15) is 31.2 Å². The van der Waals surface area contributed by atoms with Gasteiger partial charge in [0.1, 0.15) is 0 Å². The van der Waals surface area contributed by atoms with E-state index in [2.05, 4.69) is 23.0 Å². The monoisotopic (exact) mass is 290 g/mol. The molecule has 3 heterocycles. The van der Waals surface area contributed by atoms with Crippen molar-refractivity contribution in [3.8, 4) is 0 Å². The molecule has 0 N–H and O–H groups in total. The molecule has 1 atom stereocenters. The Labute approximate surface area is 127 Å². The Hall–Kier alpha value is -0.970. The highest BCUT2D eigenvalue weighted by Crippen LogP contribution is 2.42. The van der Waals surface area contributed by atoms with Gasteiger partial charge < -0.3 is 14.4 Å². The molecule has 0 radical (unpaired) electrons. The van der Waals surface area contributed by atoms with E-state index in [-0.39, 0.29) is 5.60 Å². The molecule has 0 aliphatic carbocycles. The first-order valence-corrected chi connectivity index (χ1v) is 8.08. The van der Waals surface area contributed by atoms with Crippen LogP contribution >= 0.6 is 0 Å². The second-order valence-corrected chi connectivity index (χ2v) is 6.40. The van der Waals surface area contributed by atoms with E-state index in [9.17, 15) is 0 Å². The van der Waals surface area contributed by atoms with Crippen molar-refractivity contribution >= 4 is 0 Å². The van der Waals surface area contributed by atoms with Crippen molar-refractivity contribution in [1.29, 1.82) is 0 Å². The fourth-order valence-corrected chi connectivity index (χ4v) is 3.64. The molecule has 2 aliphatic rings. The zero-order chi connectivity index (χ0) is 14.5. The molecule has 2 fully saturated rings. The minimum Gasteiger partial charge on any atom is -0.377 e.